The monoisotopic (exact) mass is 429 g/mol. The van der Waals surface area contributed by atoms with Gasteiger partial charge >= 0.3 is 0 Å². The Morgan fingerprint density at radius 1 is 0.903 bits per heavy atom. The first-order valence-electron chi connectivity index (χ1n) is 11.1. The molecule has 0 aromatic heterocycles. The summed E-state index contributed by atoms with van der Waals surface area (Å²) in [5.41, 5.74) is 0.462. The Balaban J connectivity index is 1.41. The van der Waals surface area contributed by atoms with Gasteiger partial charge in [-0.25, -0.2) is 4.90 Å². The van der Waals surface area contributed by atoms with E-state index in [1.807, 2.05) is 4.90 Å². The summed E-state index contributed by atoms with van der Waals surface area (Å²) in [7, 11) is 3.06. The van der Waals surface area contributed by atoms with Gasteiger partial charge in [-0.3, -0.25) is 19.3 Å². The summed E-state index contributed by atoms with van der Waals surface area (Å²) in [5.74, 6) is 0.891. The van der Waals surface area contributed by atoms with Crippen LogP contribution in [0.15, 0.2) is 18.2 Å². The molecule has 3 aliphatic heterocycles. The van der Waals surface area contributed by atoms with E-state index in [0.29, 0.717) is 30.3 Å². The summed E-state index contributed by atoms with van der Waals surface area (Å²) in [5, 5.41) is 0. The highest BCUT2D eigenvalue weighted by molar-refractivity contribution is 6.22. The van der Waals surface area contributed by atoms with Gasteiger partial charge < -0.3 is 14.4 Å². The maximum Gasteiger partial charge on any atom is 0.251 e. The molecule has 0 aliphatic carbocycles. The molecule has 168 valence electrons. The highest BCUT2D eigenvalue weighted by Gasteiger charge is 2.44. The van der Waals surface area contributed by atoms with E-state index in [0.717, 1.165) is 38.8 Å². The van der Waals surface area contributed by atoms with Gasteiger partial charge in [-0.15, -0.1) is 0 Å². The number of rotatable bonds is 5. The van der Waals surface area contributed by atoms with Crippen molar-refractivity contribution in [2.24, 2.45) is 5.92 Å². The highest BCUT2D eigenvalue weighted by atomic mass is 16.5. The van der Waals surface area contributed by atoms with Crippen LogP contribution in [-0.4, -0.2) is 74.0 Å². The molecule has 0 spiro atoms. The van der Waals surface area contributed by atoms with Crippen molar-refractivity contribution in [2.45, 2.75) is 44.6 Å². The van der Waals surface area contributed by atoms with Crippen LogP contribution in [0.1, 0.15) is 38.5 Å². The molecule has 1 atom stereocenters. The summed E-state index contributed by atoms with van der Waals surface area (Å²) in [4.78, 5) is 44.1. The van der Waals surface area contributed by atoms with Crippen molar-refractivity contribution in [2.75, 3.05) is 45.3 Å². The second-order valence-electron chi connectivity index (χ2n) is 8.55. The van der Waals surface area contributed by atoms with Gasteiger partial charge in [0, 0.05) is 37.2 Å². The van der Waals surface area contributed by atoms with Crippen molar-refractivity contribution in [1.29, 1.82) is 0 Å². The van der Waals surface area contributed by atoms with Crippen molar-refractivity contribution in [3.8, 4) is 11.5 Å². The molecule has 31 heavy (non-hydrogen) atoms. The Morgan fingerprint density at radius 2 is 1.52 bits per heavy atom. The molecule has 1 aromatic carbocycles. The third-order valence-electron chi connectivity index (χ3n) is 6.70. The van der Waals surface area contributed by atoms with Crippen LogP contribution in [0.3, 0.4) is 0 Å². The van der Waals surface area contributed by atoms with E-state index in [4.69, 9.17) is 9.47 Å². The van der Waals surface area contributed by atoms with Crippen molar-refractivity contribution in [3.63, 3.8) is 0 Å². The zero-order valence-corrected chi connectivity index (χ0v) is 18.3. The Hall–Kier alpha value is -2.61. The van der Waals surface area contributed by atoms with Crippen LogP contribution >= 0.6 is 0 Å². The van der Waals surface area contributed by atoms with Crippen molar-refractivity contribution in [1.82, 2.24) is 9.80 Å². The summed E-state index contributed by atoms with van der Waals surface area (Å²) in [6, 6.07) is 4.57. The molecular formula is C23H31N3O5. The van der Waals surface area contributed by atoms with Crippen molar-refractivity contribution >= 4 is 23.4 Å². The predicted molar refractivity (Wildman–Crippen MR) is 115 cm³/mol. The van der Waals surface area contributed by atoms with Crippen LogP contribution in [-0.2, 0) is 14.4 Å². The Morgan fingerprint density at radius 3 is 2.10 bits per heavy atom. The lowest BCUT2D eigenvalue weighted by Gasteiger charge is -2.37. The number of hydrogen-bond donors (Lipinski definition) is 0. The first-order valence-corrected chi connectivity index (χ1v) is 11.1. The number of piperidine rings is 2. The van der Waals surface area contributed by atoms with Gasteiger partial charge in [0.05, 0.1) is 32.4 Å². The van der Waals surface area contributed by atoms with Crippen LogP contribution in [0.2, 0.25) is 0 Å². The van der Waals surface area contributed by atoms with E-state index in [9.17, 15) is 14.4 Å². The molecule has 3 amide bonds. The van der Waals surface area contributed by atoms with E-state index in [1.54, 1.807) is 18.2 Å². The lowest BCUT2D eigenvalue weighted by atomic mass is 9.93. The van der Waals surface area contributed by atoms with Gasteiger partial charge in [0.25, 0.3) is 5.91 Å². The summed E-state index contributed by atoms with van der Waals surface area (Å²) >= 11 is 0. The Labute approximate surface area is 183 Å². The molecule has 3 saturated heterocycles. The van der Waals surface area contributed by atoms with E-state index < -0.39 is 6.04 Å². The molecule has 8 heteroatoms. The number of methoxy groups -OCH3 is 2. The van der Waals surface area contributed by atoms with Crippen LogP contribution in [0.5, 0.6) is 11.5 Å². The Kier molecular flexibility index (Phi) is 6.46. The van der Waals surface area contributed by atoms with E-state index in [-0.39, 0.29) is 30.1 Å². The first-order chi connectivity index (χ1) is 15.0. The standard InChI is InChI=1S/C23H31N3O5/c1-30-18-12-17(13-19(14-18)31-2)26-21(27)15-20(23(26)29)24-10-6-16(7-11-24)22(28)25-8-4-3-5-9-25/h12-14,16,20H,3-11,15H2,1-2H3. The van der Waals surface area contributed by atoms with Crippen LogP contribution in [0, 0.1) is 5.92 Å². The average Bonchev–Trinajstić information content (AvgIpc) is 3.12. The predicted octanol–water partition coefficient (Wildman–Crippen LogP) is 2.06. The maximum atomic E-state index is 13.2. The number of hydrogen-bond acceptors (Lipinski definition) is 6. The largest absolute Gasteiger partial charge is 0.497 e. The number of carbonyl (C=O) groups is 3. The summed E-state index contributed by atoms with van der Waals surface area (Å²) < 4.78 is 10.6. The smallest absolute Gasteiger partial charge is 0.251 e. The van der Waals surface area contributed by atoms with Crippen LogP contribution in [0.25, 0.3) is 0 Å². The highest BCUT2D eigenvalue weighted by Crippen LogP contribution is 2.34. The summed E-state index contributed by atoms with van der Waals surface area (Å²) in [6.45, 7) is 3.05. The fourth-order valence-electron chi connectivity index (χ4n) is 4.92. The number of benzene rings is 1. The van der Waals surface area contributed by atoms with Gasteiger partial charge in [0.2, 0.25) is 11.8 Å². The number of likely N-dealkylation sites (tertiary alicyclic amines) is 2. The van der Waals surface area contributed by atoms with E-state index in [1.165, 1.54) is 25.5 Å². The molecule has 8 nitrogen and oxygen atoms in total. The topological polar surface area (TPSA) is 79.4 Å². The van der Waals surface area contributed by atoms with Gasteiger partial charge in [0.15, 0.2) is 0 Å². The minimum Gasteiger partial charge on any atom is -0.497 e. The molecule has 3 aliphatic rings. The normalized spacial score (nSPS) is 23.4. The molecule has 1 aromatic rings. The van der Waals surface area contributed by atoms with Gasteiger partial charge in [-0.2, -0.15) is 0 Å². The van der Waals surface area contributed by atoms with E-state index in [2.05, 4.69) is 4.90 Å². The molecule has 0 radical (unpaired) electrons. The molecule has 0 bridgehead atoms. The fourth-order valence-corrected chi connectivity index (χ4v) is 4.92. The molecule has 3 fully saturated rings. The quantitative estimate of drug-likeness (QED) is 0.667. The van der Waals surface area contributed by atoms with Crippen molar-refractivity contribution in [3.05, 3.63) is 18.2 Å². The van der Waals surface area contributed by atoms with Gasteiger partial charge in [0.1, 0.15) is 11.5 Å². The number of ether oxygens (including phenoxy) is 2. The number of imide groups is 1. The second kappa shape index (κ2) is 9.26. The minimum atomic E-state index is -0.476. The lowest BCUT2D eigenvalue weighted by molar-refractivity contribution is -0.138. The first kappa shape index (κ1) is 21.6. The zero-order chi connectivity index (χ0) is 22.0. The third-order valence-corrected chi connectivity index (χ3v) is 6.70. The second-order valence-corrected chi connectivity index (χ2v) is 8.55. The zero-order valence-electron chi connectivity index (χ0n) is 18.3. The lowest BCUT2D eigenvalue weighted by Crippen LogP contribution is -2.49. The van der Waals surface area contributed by atoms with E-state index >= 15 is 0 Å². The number of nitrogens with zero attached hydrogens (tertiary/aromatic N) is 3. The molecule has 0 N–H and O–H groups in total. The molecule has 3 heterocycles. The third kappa shape index (κ3) is 4.39. The van der Waals surface area contributed by atoms with Crippen LogP contribution in [0.4, 0.5) is 5.69 Å². The Bertz CT molecular complexity index is 821. The fraction of sp³-hybridized carbons (Fsp3) is 0.609. The van der Waals surface area contributed by atoms with Gasteiger partial charge in [-0.1, -0.05) is 0 Å². The minimum absolute atomic E-state index is 0.0281. The molecule has 0 saturated carbocycles. The molecule has 1 unspecified atom stereocenters. The number of amides is 3. The number of anilines is 1. The average molecular weight is 430 g/mol. The molecule has 4 rings (SSSR count). The van der Waals surface area contributed by atoms with Crippen molar-refractivity contribution < 1.29 is 23.9 Å². The molecular weight excluding hydrogens is 398 g/mol. The SMILES string of the molecule is COc1cc(OC)cc(N2C(=O)CC(N3CCC(C(=O)N4CCCCC4)CC3)C2=O)c1. The number of carbonyl (C=O) groups excluding carboxylic acids is 3. The summed E-state index contributed by atoms with van der Waals surface area (Å²) in [6.07, 6.45) is 5.02. The maximum absolute atomic E-state index is 13.2. The van der Waals surface area contributed by atoms with Gasteiger partial charge in [-0.05, 0) is 45.2 Å². The van der Waals surface area contributed by atoms with Crippen LogP contribution < -0.4 is 14.4 Å².